The molecule has 0 unspecified atom stereocenters. The highest BCUT2D eigenvalue weighted by atomic mass is 16.5. The number of hydrogen-bond donors (Lipinski definition) is 1. The van der Waals surface area contributed by atoms with Crippen LogP contribution in [0.25, 0.3) is 0 Å². The SMILES string of the molecule is CCCCCCNC(=O)N(C)Cc1cccc(OC)c1. The van der Waals surface area contributed by atoms with Gasteiger partial charge in [0.05, 0.1) is 7.11 Å². The maximum atomic E-state index is 11.9. The summed E-state index contributed by atoms with van der Waals surface area (Å²) < 4.78 is 5.18. The summed E-state index contributed by atoms with van der Waals surface area (Å²) in [5, 5.41) is 2.95. The van der Waals surface area contributed by atoms with E-state index < -0.39 is 0 Å². The van der Waals surface area contributed by atoms with Gasteiger partial charge in [-0.15, -0.1) is 0 Å². The van der Waals surface area contributed by atoms with Gasteiger partial charge in [-0.2, -0.15) is 0 Å². The van der Waals surface area contributed by atoms with Gasteiger partial charge in [0.1, 0.15) is 5.75 Å². The van der Waals surface area contributed by atoms with E-state index in [-0.39, 0.29) is 6.03 Å². The molecule has 0 saturated heterocycles. The predicted molar refractivity (Wildman–Crippen MR) is 82.0 cm³/mol. The molecule has 4 heteroatoms. The molecule has 0 fully saturated rings. The Hall–Kier alpha value is -1.71. The molecule has 0 aliphatic heterocycles. The van der Waals surface area contributed by atoms with Crippen molar-refractivity contribution < 1.29 is 9.53 Å². The van der Waals surface area contributed by atoms with Crippen molar-refractivity contribution >= 4 is 6.03 Å². The van der Waals surface area contributed by atoms with Crippen molar-refractivity contribution in [2.75, 3.05) is 20.7 Å². The summed E-state index contributed by atoms with van der Waals surface area (Å²) in [4.78, 5) is 13.6. The van der Waals surface area contributed by atoms with E-state index in [4.69, 9.17) is 4.74 Å². The Morgan fingerprint density at radius 3 is 2.80 bits per heavy atom. The first-order valence-corrected chi connectivity index (χ1v) is 7.29. The highest BCUT2D eigenvalue weighted by Crippen LogP contribution is 2.13. The third kappa shape index (κ3) is 5.95. The van der Waals surface area contributed by atoms with Crippen molar-refractivity contribution in [2.45, 2.75) is 39.2 Å². The van der Waals surface area contributed by atoms with E-state index in [1.165, 1.54) is 19.3 Å². The van der Waals surface area contributed by atoms with Gasteiger partial charge < -0.3 is 15.0 Å². The molecule has 20 heavy (non-hydrogen) atoms. The molecule has 0 saturated carbocycles. The van der Waals surface area contributed by atoms with Crippen LogP contribution in [0.15, 0.2) is 24.3 Å². The van der Waals surface area contributed by atoms with Crippen molar-refractivity contribution in [3.63, 3.8) is 0 Å². The third-order valence-corrected chi connectivity index (χ3v) is 3.21. The first kappa shape index (κ1) is 16.3. The number of rotatable bonds is 8. The van der Waals surface area contributed by atoms with Crippen molar-refractivity contribution in [2.24, 2.45) is 0 Å². The molecule has 112 valence electrons. The molecule has 1 aromatic rings. The van der Waals surface area contributed by atoms with Crippen LogP contribution in [0.1, 0.15) is 38.2 Å². The number of amides is 2. The van der Waals surface area contributed by atoms with E-state index in [0.717, 1.165) is 24.3 Å². The molecule has 1 N–H and O–H groups in total. The van der Waals surface area contributed by atoms with Crippen molar-refractivity contribution in [1.82, 2.24) is 10.2 Å². The molecule has 1 aromatic carbocycles. The maximum Gasteiger partial charge on any atom is 0.317 e. The maximum absolute atomic E-state index is 11.9. The fourth-order valence-electron chi connectivity index (χ4n) is 2.00. The molecule has 0 heterocycles. The molecule has 1 rings (SSSR count). The van der Waals surface area contributed by atoms with Gasteiger partial charge >= 0.3 is 6.03 Å². The highest BCUT2D eigenvalue weighted by molar-refractivity contribution is 5.73. The first-order valence-electron chi connectivity index (χ1n) is 7.29. The van der Waals surface area contributed by atoms with E-state index in [1.54, 1.807) is 19.1 Å². The zero-order valence-electron chi connectivity index (χ0n) is 12.8. The van der Waals surface area contributed by atoms with Crippen molar-refractivity contribution in [1.29, 1.82) is 0 Å². The van der Waals surface area contributed by atoms with E-state index in [1.807, 2.05) is 24.3 Å². The predicted octanol–water partition coefficient (Wildman–Crippen LogP) is 3.42. The lowest BCUT2D eigenvalue weighted by atomic mass is 10.2. The minimum atomic E-state index is -0.0238. The van der Waals surface area contributed by atoms with E-state index in [0.29, 0.717) is 6.54 Å². The first-order chi connectivity index (χ1) is 9.67. The monoisotopic (exact) mass is 278 g/mol. The van der Waals surface area contributed by atoms with Gasteiger partial charge in [-0.25, -0.2) is 4.79 Å². The zero-order chi connectivity index (χ0) is 14.8. The van der Waals surface area contributed by atoms with E-state index >= 15 is 0 Å². The smallest absolute Gasteiger partial charge is 0.317 e. The van der Waals surface area contributed by atoms with Gasteiger partial charge in [0.2, 0.25) is 0 Å². The normalized spacial score (nSPS) is 10.2. The molecule has 0 spiro atoms. The van der Waals surface area contributed by atoms with Gasteiger partial charge in [-0.05, 0) is 24.1 Å². The van der Waals surface area contributed by atoms with Gasteiger partial charge in [0.15, 0.2) is 0 Å². The van der Waals surface area contributed by atoms with Crippen LogP contribution in [0.4, 0.5) is 4.79 Å². The highest BCUT2D eigenvalue weighted by Gasteiger charge is 2.08. The molecule has 2 amide bonds. The van der Waals surface area contributed by atoms with Crippen LogP contribution in [0.3, 0.4) is 0 Å². The number of carbonyl (C=O) groups excluding carboxylic acids is 1. The van der Waals surface area contributed by atoms with Crippen LogP contribution in [-0.2, 0) is 6.54 Å². The fraction of sp³-hybridized carbons (Fsp3) is 0.562. The lowest BCUT2D eigenvalue weighted by Gasteiger charge is -2.18. The second-order valence-electron chi connectivity index (χ2n) is 5.00. The van der Waals surface area contributed by atoms with Crippen LogP contribution in [0.5, 0.6) is 5.75 Å². The van der Waals surface area contributed by atoms with E-state index in [9.17, 15) is 4.79 Å². The lowest BCUT2D eigenvalue weighted by molar-refractivity contribution is 0.206. The number of methoxy groups -OCH3 is 1. The molecule has 0 atom stereocenters. The summed E-state index contributed by atoms with van der Waals surface area (Å²) in [7, 11) is 3.45. The van der Waals surface area contributed by atoms with Crippen LogP contribution in [0.2, 0.25) is 0 Å². The Balaban J connectivity index is 2.33. The number of hydrogen-bond acceptors (Lipinski definition) is 2. The molecular weight excluding hydrogens is 252 g/mol. The second-order valence-corrected chi connectivity index (χ2v) is 5.00. The Labute approximate surface area is 122 Å². The topological polar surface area (TPSA) is 41.6 Å². The van der Waals surface area contributed by atoms with Crippen molar-refractivity contribution in [3.05, 3.63) is 29.8 Å². The summed E-state index contributed by atoms with van der Waals surface area (Å²) in [5.74, 6) is 0.816. The molecule has 0 bridgehead atoms. The molecule has 0 aliphatic rings. The molecule has 0 aromatic heterocycles. The lowest BCUT2D eigenvalue weighted by Crippen LogP contribution is -2.37. The second kappa shape index (κ2) is 9.23. The standard InChI is InChI=1S/C16H26N2O2/c1-4-5-6-7-11-17-16(19)18(2)13-14-9-8-10-15(12-14)20-3/h8-10,12H,4-7,11,13H2,1-3H3,(H,17,19). The summed E-state index contributed by atoms with van der Waals surface area (Å²) in [6.07, 6.45) is 4.67. The largest absolute Gasteiger partial charge is 0.497 e. The van der Waals surface area contributed by atoms with Crippen LogP contribution >= 0.6 is 0 Å². The summed E-state index contributed by atoms with van der Waals surface area (Å²) in [6, 6.07) is 7.75. The third-order valence-electron chi connectivity index (χ3n) is 3.21. The summed E-state index contributed by atoms with van der Waals surface area (Å²) in [6.45, 7) is 3.51. The van der Waals surface area contributed by atoms with Gasteiger partial charge in [0, 0.05) is 20.1 Å². The Bertz CT molecular complexity index is 407. The van der Waals surface area contributed by atoms with Crippen LogP contribution in [0, 0.1) is 0 Å². The number of urea groups is 1. The Kier molecular flexibility index (Phi) is 7.55. The number of benzene rings is 1. The van der Waals surface area contributed by atoms with E-state index in [2.05, 4.69) is 12.2 Å². The molecular formula is C16H26N2O2. The molecule has 4 nitrogen and oxygen atoms in total. The minimum Gasteiger partial charge on any atom is -0.497 e. The Morgan fingerprint density at radius 1 is 1.30 bits per heavy atom. The quantitative estimate of drug-likeness (QED) is 0.740. The minimum absolute atomic E-state index is 0.0238. The molecule has 0 aliphatic carbocycles. The number of carbonyl (C=O) groups is 1. The van der Waals surface area contributed by atoms with Gasteiger partial charge in [0.25, 0.3) is 0 Å². The van der Waals surface area contributed by atoms with Crippen molar-refractivity contribution in [3.8, 4) is 5.75 Å². The summed E-state index contributed by atoms with van der Waals surface area (Å²) in [5.41, 5.74) is 1.06. The van der Waals surface area contributed by atoms with Gasteiger partial charge in [-0.1, -0.05) is 38.3 Å². The fourth-order valence-corrected chi connectivity index (χ4v) is 2.00. The summed E-state index contributed by atoms with van der Waals surface area (Å²) >= 11 is 0. The van der Waals surface area contributed by atoms with Crippen LogP contribution in [-0.4, -0.2) is 31.6 Å². The Morgan fingerprint density at radius 2 is 2.10 bits per heavy atom. The van der Waals surface area contributed by atoms with Gasteiger partial charge in [-0.3, -0.25) is 0 Å². The number of nitrogens with one attached hydrogen (secondary N) is 1. The molecule has 0 radical (unpaired) electrons. The average molecular weight is 278 g/mol. The zero-order valence-corrected chi connectivity index (χ0v) is 12.8. The average Bonchev–Trinajstić information content (AvgIpc) is 2.47. The van der Waals surface area contributed by atoms with Crippen LogP contribution < -0.4 is 10.1 Å². The number of ether oxygens (including phenoxy) is 1. The number of unbranched alkanes of at least 4 members (excludes halogenated alkanes) is 3. The number of nitrogens with zero attached hydrogens (tertiary/aromatic N) is 1.